The molecular weight excluding hydrogens is 296 g/mol. The summed E-state index contributed by atoms with van der Waals surface area (Å²) in [6.07, 6.45) is 2.50. The second-order valence-corrected chi connectivity index (χ2v) is 6.12. The van der Waals surface area contributed by atoms with Gasteiger partial charge in [0.1, 0.15) is 18.2 Å². The fraction of sp³-hybridized carbons (Fsp3) is 0.278. The number of halogens is 1. The first-order valence-electron chi connectivity index (χ1n) is 7.65. The molecule has 1 heterocycles. The summed E-state index contributed by atoms with van der Waals surface area (Å²) in [5.41, 5.74) is 2.28. The Morgan fingerprint density at radius 2 is 1.86 bits per heavy atom. The van der Waals surface area contributed by atoms with Crippen molar-refractivity contribution in [1.82, 2.24) is 9.55 Å². The van der Waals surface area contributed by atoms with E-state index in [1.54, 1.807) is 0 Å². The molecule has 1 aliphatic rings. The quantitative estimate of drug-likeness (QED) is 0.686. The van der Waals surface area contributed by atoms with Crippen molar-refractivity contribution in [2.45, 2.75) is 25.3 Å². The topological polar surface area (TPSA) is 27.1 Å². The summed E-state index contributed by atoms with van der Waals surface area (Å²) in [5.74, 6) is 2.69. The van der Waals surface area contributed by atoms with Crippen molar-refractivity contribution in [3.63, 3.8) is 0 Å². The second-order valence-electron chi connectivity index (χ2n) is 5.69. The minimum Gasteiger partial charge on any atom is -0.492 e. The lowest BCUT2D eigenvalue weighted by atomic mass is 10.3. The van der Waals surface area contributed by atoms with E-state index in [-0.39, 0.29) is 0 Å². The summed E-state index contributed by atoms with van der Waals surface area (Å²) < 4.78 is 8.14. The Kier molecular flexibility index (Phi) is 3.51. The molecule has 0 atom stereocenters. The first-order chi connectivity index (χ1) is 10.8. The monoisotopic (exact) mass is 312 g/mol. The molecule has 1 fully saturated rings. The Morgan fingerprint density at radius 1 is 1.09 bits per heavy atom. The molecule has 0 spiro atoms. The van der Waals surface area contributed by atoms with Crippen LogP contribution in [0.2, 0.25) is 5.02 Å². The predicted octanol–water partition coefficient (Wildman–Crippen LogP) is 4.65. The highest BCUT2D eigenvalue weighted by Gasteiger charge is 2.29. The van der Waals surface area contributed by atoms with Crippen LogP contribution in [0.4, 0.5) is 0 Å². The molecule has 2 aromatic carbocycles. The van der Waals surface area contributed by atoms with Gasteiger partial charge in [-0.05, 0) is 49.2 Å². The molecule has 0 N–H and O–H groups in total. The molecule has 112 valence electrons. The van der Waals surface area contributed by atoms with Gasteiger partial charge in [0.05, 0.1) is 17.6 Å². The summed E-state index contributed by atoms with van der Waals surface area (Å²) in [6, 6.07) is 15.8. The Labute approximate surface area is 134 Å². The van der Waals surface area contributed by atoms with Gasteiger partial charge in [0.2, 0.25) is 0 Å². The molecule has 0 saturated heterocycles. The summed E-state index contributed by atoms with van der Waals surface area (Å²) in [6.45, 7) is 1.44. The van der Waals surface area contributed by atoms with E-state index >= 15 is 0 Å². The summed E-state index contributed by atoms with van der Waals surface area (Å²) in [4.78, 5) is 4.80. The third-order valence-corrected chi connectivity index (χ3v) is 4.28. The zero-order chi connectivity index (χ0) is 14.9. The largest absolute Gasteiger partial charge is 0.492 e. The van der Waals surface area contributed by atoms with Crippen molar-refractivity contribution in [3.8, 4) is 5.75 Å². The molecule has 0 bridgehead atoms. The van der Waals surface area contributed by atoms with Gasteiger partial charge in [0.25, 0.3) is 0 Å². The Bertz CT molecular complexity index is 790. The van der Waals surface area contributed by atoms with Crippen molar-refractivity contribution in [1.29, 1.82) is 0 Å². The highest BCUT2D eigenvalue weighted by atomic mass is 35.5. The Morgan fingerprint density at radius 3 is 2.64 bits per heavy atom. The number of nitrogens with zero attached hydrogens (tertiary/aromatic N) is 2. The third kappa shape index (κ3) is 2.69. The standard InChI is InChI=1S/C18H17ClN2O/c19-14-7-9-15(10-8-14)22-12-11-21-17-4-2-1-3-16(17)20-18(21)13-5-6-13/h1-4,7-10,13H,5-6,11-12H2. The number of para-hydroxylation sites is 2. The van der Waals surface area contributed by atoms with Crippen LogP contribution in [0.1, 0.15) is 24.6 Å². The molecule has 4 heteroatoms. The lowest BCUT2D eigenvalue weighted by Crippen LogP contribution is -2.10. The number of hydrogen-bond acceptors (Lipinski definition) is 2. The number of rotatable bonds is 5. The fourth-order valence-electron chi connectivity index (χ4n) is 2.77. The normalized spacial score (nSPS) is 14.4. The number of imidazole rings is 1. The predicted molar refractivity (Wildman–Crippen MR) is 88.7 cm³/mol. The smallest absolute Gasteiger partial charge is 0.119 e. The van der Waals surface area contributed by atoms with E-state index in [0.29, 0.717) is 12.5 Å². The van der Waals surface area contributed by atoms with E-state index in [9.17, 15) is 0 Å². The van der Waals surface area contributed by atoms with Gasteiger partial charge in [-0.3, -0.25) is 0 Å². The van der Waals surface area contributed by atoms with Gasteiger partial charge in [-0.1, -0.05) is 23.7 Å². The summed E-state index contributed by atoms with van der Waals surface area (Å²) in [7, 11) is 0. The maximum atomic E-state index is 5.89. The van der Waals surface area contributed by atoms with Gasteiger partial charge in [-0.25, -0.2) is 4.98 Å². The van der Waals surface area contributed by atoms with Gasteiger partial charge in [-0.2, -0.15) is 0 Å². The molecule has 0 radical (unpaired) electrons. The van der Waals surface area contributed by atoms with E-state index in [4.69, 9.17) is 21.3 Å². The lowest BCUT2D eigenvalue weighted by molar-refractivity contribution is 0.298. The highest BCUT2D eigenvalue weighted by Crippen LogP contribution is 2.40. The van der Waals surface area contributed by atoms with Crippen LogP contribution in [-0.2, 0) is 6.54 Å². The average Bonchev–Trinajstić information content (AvgIpc) is 3.32. The van der Waals surface area contributed by atoms with Gasteiger partial charge in [0.15, 0.2) is 0 Å². The minimum absolute atomic E-state index is 0.627. The Balaban J connectivity index is 1.53. The first kappa shape index (κ1) is 13.6. The summed E-state index contributed by atoms with van der Waals surface area (Å²) in [5, 5.41) is 0.726. The van der Waals surface area contributed by atoms with E-state index in [0.717, 1.165) is 22.8 Å². The van der Waals surface area contributed by atoms with E-state index in [1.807, 2.05) is 30.3 Å². The number of hydrogen-bond donors (Lipinski definition) is 0. The van der Waals surface area contributed by atoms with Crippen LogP contribution in [-0.4, -0.2) is 16.2 Å². The third-order valence-electron chi connectivity index (χ3n) is 4.02. The van der Waals surface area contributed by atoms with Crippen LogP contribution in [0.15, 0.2) is 48.5 Å². The molecule has 3 nitrogen and oxygen atoms in total. The second kappa shape index (κ2) is 5.65. The fourth-order valence-corrected chi connectivity index (χ4v) is 2.89. The zero-order valence-corrected chi connectivity index (χ0v) is 13.0. The number of ether oxygens (including phenoxy) is 1. The van der Waals surface area contributed by atoms with E-state index < -0.39 is 0 Å². The van der Waals surface area contributed by atoms with Gasteiger partial charge < -0.3 is 9.30 Å². The highest BCUT2D eigenvalue weighted by molar-refractivity contribution is 6.30. The molecule has 0 unspecified atom stereocenters. The zero-order valence-electron chi connectivity index (χ0n) is 12.2. The van der Waals surface area contributed by atoms with E-state index in [1.165, 1.54) is 24.2 Å². The summed E-state index contributed by atoms with van der Waals surface area (Å²) >= 11 is 5.89. The maximum Gasteiger partial charge on any atom is 0.119 e. The molecule has 4 rings (SSSR count). The van der Waals surface area contributed by atoms with Crippen molar-refractivity contribution in [2.75, 3.05) is 6.61 Å². The number of aromatic nitrogens is 2. The average molecular weight is 313 g/mol. The number of fused-ring (bicyclic) bond motifs is 1. The molecular formula is C18H17ClN2O. The molecule has 0 amide bonds. The van der Waals surface area contributed by atoms with Crippen LogP contribution >= 0.6 is 11.6 Å². The number of benzene rings is 2. The molecule has 1 aliphatic carbocycles. The van der Waals surface area contributed by atoms with Crippen LogP contribution in [0, 0.1) is 0 Å². The van der Waals surface area contributed by atoms with Crippen molar-refractivity contribution in [3.05, 3.63) is 59.4 Å². The first-order valence-corrected chi connectivity index (χ1v) is 8.02. The van der Waals surface area contributed by atoms with Crippen LogP contribution in [0.3, 0.4) is 0 Å². The molecule has 3 aromatic rings. The van der Waals surface area contributed by atoms with Gasteiger partial charge >= 0.3 is 0 Å². The van der Waals surface area contributed by atoms with Crippen molar-refractivity contribution in [2.24, 2.45) is 0 Å². The molecule has 1 saturated carbocycles. The minimum atomic E-state index is 0.627. The maximum absolute atomic E-state index is 5.89. The molecule has 22 heavy (non-hydrogen) atoms. The van der Waals surface area contributed by atoms with Crippen LogP contribution < -0.4 is 4.74 Å². The van der Waals surface area contributed by atoms with Crippen LogP contribution in [0.25, 0.3) is 11.0 Å². The van der Waals surface area contributed by atoms with Crippen LogP contribution in [0.5, 0.6) is 5.75 Å². The molecule has 1 aromatic heterocycles. The van der Waals surface area contributed by atoms with Gasteiger partial charge in [-0.15, -0.1) is 0 Å². The Hall–Kier alpha value is -2.00. The lowest BCUT2D eigenvalue weighted by Gasteiger charge is -2.10. The molecule has 0 aliphatic heterocycles. The van der Waals surface area contributed by atoms with E-state index in [2.05, 4.69) is 22.8 Å². The van der Waals surface area contributed by atoms with Gasteiger partial charge in [0, 0.05) is 10.9 Å². The SMILES string of the molecule is Clc1ccc(OCCn2c(C3CC3)nc3ccccc32)cc1. The van der Waals surface area contributed by atoms with Crippen molar-refractivity contribution >= 4 is 22.6 Å². The van der Waals surface area contributed by atoms with Crippen molar-refractivity contribution < 1.29 is 4.74 Å².